The highest BCUT2D eigenvalue weighted by molar-refractivity contribution is 7.86. The van der Waals surface area contributed by atoms with Crippen molar-refractivity contribution in [3.8, 4) is 5.75 Å². The highest BCUT2D eigenvalue weighted by atomic mass is 32.2. The Kier molecular flexibility index (Phi) is 5.93. The quantitative estimate of drug-likeness (QED) is 0.790. The molecule has 0 spiro atoms. The van der Waals surface area contributed by atoms with Crippen molar-refractivity contribution in [1.29, 1.82) is 0 Å². The lowest BCUT2D eigenvalue weighted by molar-refractivity contribution is 0.172. The molecule has 2 aliphatic heterocycles. The number of rotatable bonds is 5. The molecule has 0 saturated carbocycles. The second-order valence-corrected chi connectivity index (χ2v) is 8.54. The fourth-order valence-electron chi connectivity index (χ4n) is 3.44. The largest absolute Gasteiger partial charge is 0.494 e. The van der Waals surface area contributed by atoms with Gasteiger partial charge in [0.2, 0.25) is 0 Å². The molecule has 0 radical (unpaired) electrons. The van der Waals surface area contributed by atoms with Gasteiger partial charge in [0.15, 0.2) is 11.6 Å². The zero-order chi connectivity index (χ0) is 17.9. The summed E-state index contributed by atoms with van der Waals surface area (Å²) in [7, 11) is -1.89. The Balaban J connectivity index is 1.55. The summed E-state index contributed by atoms with van der Waals surface area (Å²) >= 11 is 0. The molecule has 0 amide bonds. The molecule has 8 heteroatoms. The minimum absolute atomic E-state index is 0.237. The van der Waals surface area contributed by atoms with E-state index in [9.17, 15) is 12.8 Å². The van der Waals surface area contributed by atoms with Gasteiger partial charge in [-0.1, -0.05) is 12.5 Å². The van der Waals surface area contributed by atoms with Crippen LogP contribution in [0.15, 0.2) is 18.2 Å². The monoisotopic (exact) mass is 371 g/mol. The van der Waals surface area contributed by atoms with Crippen LogP contribution >= 0.6 is 0 Å². The summed E-state index contributed by atoms with van der Waals surface area (Å²) in [6.45, 7) is 4.15. The number of benzene rings is 1. The first-order valence-corrected chi connectivity index (χ1v) is 10.2. The highest BCUT2D eigenvalue weighted by Gasteiger charge is 2.32. The maximum Gasteiger partial charge on any atom is 0.282 e. The van der Waals surface area contributed by atoms with Gasteiger partial charge in [-0.2, -0.15) is 17.0 Å². The number of piperazine rings is 1. The summed E-state index contributed by atoms with van der Waals surface area (Å²) in [6, 6.07) is 4.95. The second kappa shape index (κ2) is 7.99. The van der Waals surface area contributed by atoms with Gasteiger partial charge in [-0.3, -0.25) is 4.90 Å². The third-order valence-electron chi connectivity index (χ3n) is 4.92. The molecule has 2 saturated heterocycles. The average Bonchev–Trinajstić information content (AvgIpc) is 2.63. The van der Waals surface area contributed by atoms with Crippen LogP contribution < -0.4 is 4.74 Å². The maximum atomic E-state index is 13.8. The number of piperidine rings is 1. The summed E-state index contributed by atoms with van der Waals surface area (Å²) in [6.07, 6.45) is 3.00. The van der Waals surface area contributed by atoms with Crippen LogP contribution in [0.3, 0.4) is 0 Å². The Bertz CT molecular complexity index is 684. The van der Waals surface area contributed by atoms with E-state index in [1.165, 1.54) is 13.2 Å². The molecular weight excluding hydrogens is 345 g/mol. The lowest BCUT2D eigenvalue weighted by Gasteiger charge is -2.37. The van der Waals surface area contributed by atoms with Crippen molar-refractivity contribution < 1.29 is 17.5 Å². The molecule has 6 nitrogen and oxygen atoms in total. The summed E-state index contributed by atoms with van der Waals surface area (Å²) in [5, 5.41) is 0. The Labute approximate surface area is 149 Å². The van der Waals surface area contributed by atoms with Crippen molar-refractivity contribution >= 4 is 10.2 Å². The van der Waals surface area contributed by atoms with Gasteiger partial charge in [0.25, 0.3) is 10.2 Å². The number of methoxy groups -OCH3 is 1. The molecule has 0 aromatic heterocycles. The van der Waals surface area contributed by atoms with E-state index in [2.05, 4.69) is 4.90 Å². The van der Waals surface area contributed by atoms with E-state index in [0.29, 0.717) is 45.8 Å². The molecule has 1 aromatic rings. The number of hydrogen-bond donors (Lipinski definition) is 0. The molecule has 0 unspecified atom stereocenters. The van der Waals surface area contributed by atoms with Crippen molar-refractivity contribution in [2.24, 2.45) is 0 Å². The standard InChI is InChI=1S/C17H26FN3O3S/c1-24-17-6-5-15(13-16(17)18)14-19-9-11-21(12-10-19)25(22,23)20-7-3-2-4-8-20/h5-6,13H,2-4,7-12,14H2,1H3. The lowest BCUT2D eigenvalue weighted by Crippen LogP contribution is -2.53. The Morgan fingerprint density at radius 2 is 1.64 bits per heavy atom. The SMILES string of the molecule is COc1ccc(CN2CCN(S(=O)(=O)N3CCCCC3)CC2)cc1F. The summed E-state index contributed by atoms with van der Waals surface area (Å²) in [5.41, 5.74) is 0.866. The van der Waals surface area contributed by atoms with Gasteiger partial charge in [0.05, 0.1) is 7.11 Å². The third kappa shape index (κ3) is 4.31. The van der Waals surface area contributed by atoms with Crippen molar-refractivity contribution in [3.05, 3.63) is 29.6 Å². The zero-order valence-electron chi connectivity index (χ0n) is 14.7. The first kappa shape index (κ1) is 18.6. The van der Waals surface area contributed by atoms with Crippen LogP contribution in [-0.2, 0) is 16.8 Å². The van der Waals surface area contributed by atoms with Gasteiger partial charge in [-0.25, -0.2) is 4.39 Å². The Hall–Kier alpha value is -1.22. The van der Waals surface area contributed by atoms with Gasteiger partial charge in [-0.05, 0) is 30.5 Å². The van der Waals surface area contributed by atoms with Crippen LogP contribution in [0.5, 0.6) is 5.75 Å². The number of nitrogens with zero attached hydrogens (tertiary/aromatic N) is 3. The van der Waals surface area contributed by atoms with E-state index in [4.69, 9.17) is 4.74 Å². The predicted octanol–water partition coefficient (Wildman–Crippen LogP) is 1.68. The van der Waals surface area contributed by atoms with E-state index in [-0.39, 0.29) is 11.6 Å². The summed E-state index contributed by atoms with van der Waals surface area (Å²) in [5.74, 6) is -0.132. The first-order chi connectivity index (χ1) is 12.0. The van der Waals surface area contributed by atoms with E-state index in [1.807, 2.05) is 6.07 Å². The Morgan fingerprint density at radius 3 is 2.24 bits per heavy atom. The van der Waals surface area contributed by atoms with Gasteiger partial charge < -0.3 is 4.74 Å². The summed E-state index contributed by atoms with van der Waals surface area (Å²) < 4.78 is 47.3. The van der Waals surface area contributed by atoms with Gasteiger partial charge in [-0.15, -0.1) is 0 Å². The van der Waals surface area contributed by atoms with Crippen molar-refractivity contribution in [2.75, 3.05) is 46.4 Å². The number of halogens is 1. The minimum Gasteiger partial charge on any atom is -0.494 e. The van der Waals surface area contributed by atoms with Crippen molar-refractivity contribution in [3.63, 3.8) is 0 Å². The van der Waals surface area contributed by atoms with Crippen LogP contribution in [-0.4, -0.2) is 68.3 Å². The fourth-order valence-corrected chi connectivity index (χ4v) is 5.11. The number of ether oxygens (including phenoxy) is 1. The second-order valence-electron chi connectivity index (χ2n) is 6.61. The van der Waals surface area contributed by atoms with Crippen LogP contribution in [0.2, 0.25) is 0 Å². The normalized spacial score (nSPS) is 21.4. The molecule has 140 valence electrons. The third-order valence-corrected chi connectivity index (χ3v) is 6.96. The van der Waals surface area contributed by atoms with Crippen molar-refractivity contribution in [2.45, 2.75) is 25.8 Å². The van der Waals surface area contributed by atoms with Gasteiger partial charge in [0.1, 0.15) is 0 Å². The molecular formula is C17H26FN3O3S. The summed E-state index contributed by atoms with van der Waals surface area (Å²) in [4.78, 5) is 2.16. The minimum atomic E-state index is -3.33. The zero-order valence-corrected chi connectivity index (χ0v) is 15.5. The fraction of sp³-hybridized carbons (Fsp3) is 0.647. The van der Waals surface area contributed by atoms with E-state index in [0.717, 1.165) is 24.8 Å². The smallest absolute Gasteiger partial charge is 0.282 e. The Morgan fingerprint density at radius 1 is 1.00 bits per heavy atom. The lowest BCUT2D eigenvalue weighted by atomic mass is 10.2. The molecule has 0 aliphatic carbocycles. The number of hydrogen-bond acceptors (Lipinski definition) is 4. The van der Waals surface area contributed by atoms with Gasteiger partial charge in [0, 0.05) is 45.8 Å². The first-order valence-electron chi connectivity index (χ1n) is 8.81. The predicted molar refractivity (Wildman–Crippen MR) is 94.1 cm³/mol. The van der Waals surface area contributed by atoms with Crippen molar-refractivity contribution in [1.82, 2.24) is 13.5 Å². The molecule has 3 rings (SSSR count). The molecule has 25 heavy (non-hydrogen) atoms. The molecule has 1 aromatic carbocycles. The molecule has 0 atom stereocenters. The van der Waals surface area contributed by atoms with Crippen LogP contribution in [0.1, 0.15) is 24.8 Å². The maximum absolute atomic E-state index is 13.8. The average molecular weight is 371 g/mol. The molecule has 2 aliphatic rings. The topological polar surface area (TPSA) is 53.1 Å². The highest BCUT2D eigenvalue weighted by Crippen LogP contribution is 2.21. The van der Waals surface area contributed by atoms with E-state index < -0.39 is 10.2 Å². The van der Waals surface area contributed by atoms with Crippen LogP contribution in [0, 0.1) is 5.82 Å². The molecule has 0 N–H and O–H groups in total. The van der Waals surface area contributed by atoms with Crippen LogP contribution in [0.25, 0.3) is 0 Å². The van der Waals surface area contributed by atoms with Gasteiger partial charge >= 0.3 is 0 Å². The van der Waals surface area contributed by atoms with E-state index >= 15 is 0 Å². The van der Waals surface area contributed by atoms with E-state index in [1.54, 1.807) is 14.7 Å². The van der Waals surface area contributed by atoms with Crippen LogP contribution in [0.4, 0.5) is 4.39 Å². The molecule has 0 bridgehead atoms. The molecule has 2 heterocycles. The molecule has 2 fully saturated rings.